The molecule has 0 amide bonds. The molecule has 2 aromatic heterocycles. The fourth-order valence-electron chi connectivity index (χ4n) is 4.95. The van der Waals surface area contributed by atoms with Gasteiger partial charge in [-0.25, -0.2) is 14.3 Å². The minimum absolute atomic E-state index is 0.119. The molecule has 2 aliphatic rings. The van der Waals surface area contributed by atoms with E-state index in [1.807, 2.05) is 6.07 Å². The molecule has 0 radical (unpaired) electrons. The first-order chi connectivity index (χ1) is 16.3. The van der Waals surface area contributed by atoms with Gasteiger partial charge in [0, 0.05) is 30.4 Å². The Labute approximate surface area is 204 Å². The summed E-state index contributed by atoms with van der Waals surface area (Å²) < 4.78 is 0.900. The molecule has 0 atom stereocenters. The lowest BCUT2D eigenvalue weighted by molar-refractivity contribution is 0.271. The number of rotatable bonds is 3. The summed E-state index contributed by atoms with van der Waals surface area (Å²) >= 11 is 12.4. The Kier molecular flexibility index (Phi) is 4.81. The number of H-pyrrole nitrogens is 1. The van der Waals surface area contributed by atoms with E-state index in [2.05, 4.69) is 44.3 Å². The van der Waals surface area contributed by atoms with Gasteiger partial charge in [-0.05, 0) is 55.3 Å². The highest BCUT2D eigenvalue weighted by molar-refractivity contribution is 6.37. The van der Waals surface area contributed by atoms with Crippen LogP contribution in [0.3, 0.4) is 0 Å². The van der Waals surface area contributed by atoms with Gasteiger partial charge in [0.15, 0.2) is 5.65 Å². The number of hydrogen-bond donors (Lipinski definition) is 2. The van der Waals surface area contributed by atoms with Crippen molar-refractivity contribution >= 4 is 45.9 Å². The molecule has 1 saturated carbocycles. The highest BCUT2D eigenvalue weighted by Crippen LogP contribution is 2.52. The topological polar surface area (TPSA) is 95.9 Å². The SMILES string of the molecule is CN1Cc2cc(Nc3ncc4c(=O)n(-c5c(Cl)cccc5Cl)c(=O)[nH]c4n3)ccc2C2(CC2)C1. The summed E-state index contributed by atoms with van der Waals surface area (Å²) in [6, 6.07) is 11.1. The Hall–Kier alpha value is -3.20. The Morgan fingerprint density at radius 3 is 2.62 bits per heavy atom. The van der Waals surface area contributed by atoms with Crippen LogP contribution in [0.5, 0.6) is 0 Å². The van der Waals surface area contributed by atoms with Gasteiger partial charge in [0.25, 0.3) is 5.56 Å². The fourth-order valence-corrected chi connectivity index (χ4v) is 5.51. The molecule has 1 spiro atoms. The molecule has 1 aliphatic heterocycles. The lowest BCUT2D eigenvalue weighted by Gasteiger charge is -2.32. The molecule has 172 valence electrons. The number of aromatic nitrogens is 4. The number of halogens is 2. The van der Waals surface area contributed by atoms with Crippen LogP contribution in [0.25, 0.3) is 16.7 Å². The standard InChI is InChI=1S/C24H20Cl2N6O2/c1-31-11-13-9-14(5-6-16(13)24(12-31)7-8-24)28-22-27-10-15-20(29-22)30-23(34)32(21(15)33)19-17(25)3-2-4-18(19)26/h2-6,9-10H,7-8,11-12H2,1H3,(H2,27,28,29,30,34). The first kappa shape index (κ1) is 21.3. The third kappa shape index (κ3) is 3.41. The zero-order valence-electron chi connectivity index (χ0n) is 18.2. The number of aromatic amines is 1. The quantitative estimate of drug-likeness (QED) is 0.446. The van der Waals surface area contributed by atoms with E-state index < -0.39 is 11.2 Å². The summed E-state index contributed by atoms with van der Waals surface area (Å²) in [6.45, 7) is 1.99. The molecule has 8 nitrogen and oxygen atoms in total. The first-order valence-corrected chi connectivity index (χ1v) is 11.7. The summed E-state index contributed by atoms with van der Waals surface area (Å²) in [7, 11) is 2.15. The van der Waals surface area contributed by atoms with Crippen LogP contribution in [-0.2, 0) is 12.0 Å². The van der Waals surface area contributed by atoms with Crippen LogP contribution in [-0.4, -0.2) is 38.0 Å². The van der Waals surface area contributed by atoms with Gasteiger partial charge >= 0.3 is 5.69 Å². The fraction of sp³-hybridized carbons (Fsp3) is 0.250. The van der Waals surface area contributed by atoms with E-state index in [9.17, 15) is 9.59 Å². The lowest BCUT2D eigenvalue weighted by atomic mass is 9.87. The zero-order chi connectivity index (χ0) is 23.6. The predicted molar refractivity (Wildman–Crippen MR) is 133 cm³/mol. The molecule has 34 heavy (non-hydrogen) atoms. The summed E-state index contributed by atoms with van der Waals surface area (Å²) in [6.07, 6.45) is 3.85. The van der Waals surface area contributed by atoms with Gasteiger partial charge in [-0.2, -0.15) is 4.98 Å². The number of nitrogens with one attached hydrogen (secondary N) is 2. The van der Waals surface area contributed by atoms with E-state index >= 15 is 0 Å². The summed E-state index contributed by atoms with van der Waals surface area (Å²) in [5.41, 5.74) is 2.83. The lowest BCUT2D eigenvalue weighted by Crippen LogP contribution is -2.35. The van der Waals surface area contributed by atoms with Gasteiger partial charge in [-0.1, -0.05) is 35.3 Å². The van der Waals surface area contributed by atoms with Crippen molar-refractivity contribution in [1.82, 2.24) is 24.4 Å². The van der Waals surface area contributed by atoms with E-state index in [1.165, 1.54) is 30.2 Å². The maximum atomic E-state index is 13.1. The monoisotopic (exact) mass is 494 g/mol. The van der Waals surface area contributed by atoms with E-state index in [0.29, 0.717) is 5.41 Å². The van der Waals surface area contributed by atoms with Crippen molar-refractivity contribution in [2.75, 3.05) is 18.9 Å². The van der Waals surface area contributed by atoms with E-state index in [-0.39, 0.29) is 32.7 Å². The van der Waals surface area contributed by atoms with Gasteiger partial charge < -0.3 is 10.2 Å². The van der Waals surface area contributed by atoms with Crippen LogP contribution in [0.1, 0.15) is 24.0 Å². The van der Waals surface area contributed by atoms with Crippen LogP contribution in [0.4, 0.5) is 11.6 Å². The summed E-state index contributed by atoms with van der Waals surface area (Å²) in [5, 5.41) is 3.71. The number of benzene rings is 2. The number of likely N-dealkylation sites (N-methyl/N-ethyl adjacent to an activating group) is 1. The largest absolute Gasteiger partial charge is 0.334 e. The van der Waals surface area contributed by atoms with Crippen molar-refractivity contribution in [1.29, 1.82) is 0 Å². The Morgan fingerprint density at radius 1 is 1.12 bits per heavy atom. The minimum Gasteiger partial charge on any atom is -0.324 e. The van der Waals surface area contributed by atoms with Gasteiger partial charge in [-0.3, -0.25) is 9.78 Å². The zero-order valence-corrected chi connectivity index (χ0v) is 19.7. The second-order valence-electron chi connectivity index (χ2n) is 9.05. The second kappa shape index (κ2) is 7.66. The molecule has 1 fully saturated rings. The smallest absolute Gasteiger partial charge is 0.324 e. The molecule has 0 unspecified atom stereocenters. The summed E-state index contributed by atoms with van der Waals surface area (Å²) in [4.78, 5) is 39.6. The normalized spacial score (nSPS) is 16.6. The number of fused-ring (bicyclic) bond motifs is 3. The molecule has 3 heterocycles. The average molecular weight is 495 g/mol. The van der Waals surface area contributed by atoms with E-state index in [0.717, 1.165) is 23.3 Å². The molecule has 2 aromatic carbocycles. The van der Waals surface area contributed by atoms with E-state index in [4.69, 9.17) is 23.2 Å². The van der Waals surface area contributed by atoms with Gasteiger partial charge in [0.2, 0.25) is 5.95 Å². The molecular weight excluding hydrogens is 475 g/mol. The van der Waals surface area contributed by atoms with Crippen molar-refractivity contribution in [2.45, 2.75) is 24.8 Å². The second-order valence-corrected chi connectivity index (χ2v) is 9.86. The van der Waals surface area contributed by atoms with Crippen LogP contribution in [0.2, 0.25) is 10.0 Å². The van der Waals surface area contributed by atoms with Crippen LogP contribution in [0.15, 0.2) is 52.2 Å². The number of anilines is 2. The number of para-hydroxylation sites is 1. The third-order valence-electron chi connectivity index (χ3n) is 6.61. The Morgan fingerprint density at radius 2 is 1.88 bits per heavy atom. The molecular formula is C24H20Cl2N6O2. The highest BCUT2D eigenvalue weighted by Gasteiger charge is 2.48. The Balaban J connectivity index is 1.38. The van der Waals surface area contributed by atoms with Gasteiger partial charge in [0.05, 0.1) is 15.7 Å². The van der Waals surface area contributed by atoms with Crippen LogP contribution < -0.4 is 16.6 Å². The Bertz CT molecular complexity index is 1570. The maximum absolute atomic E-state index is 13.1. The maximum Gasteiger partial charge on any atom is 0.334 e. The van der Waals surface area contributed by atoms with Crippen molar-refractivity contribution in [3.05, 3.63) is 84.6 Å². The average Bonchev–Trinajstić information content (AvgIpc) is 3.54. The molecule has 10 heteroatoms. The van der Waals surface area contributed by atoms with Crippen LogP contribution >= 0.6 is 23.2 Å². The van der Waals surface area contributed by atoms with Crippen LogP contribution in [0, 0.1) is 0 Å². The molecule has 1 aliphatic carbocycles. The van der Waals surface area contributed by atoms with Gasteiger partial charge in [0.1, 0.15) is 5.39 Å². The van der Waals surface area contributed by atoms with Crippen molar-refractivity contribution in [2.24, 2.45) is 0 Å². The molecule has 0 bridgehead atoms. The van der Waals surface area contributed by atoms with Crippen molar-refractivity contribution < 1.29 is 0 Å². The molecule has 6 rings (SSSR count). The van der Waals surface area contributed by atoms with Gasteiger partial charge in [-0.15, -0.1) is 0 Å². The molecule has 0 saturated heterocycles. The predicted octanol–water partition coefficient (Wildman–Crippen LogP) is 4.00. The number of hydrogen-bond acceptors (Lipinski definition) is 6. The minimum atomic E-state index is -0.691. The summed E-state index contributed by atoms with van der Waals surface area (Å²) in [5.74, 6) is 0.279. The molecule has 2 N–H and O–H groups in total. The van der Waals surface area contributed by atoms with E-state index in [1.54, 1.807) is 18.2 Å². The molecule has 4 aromatic rings. The first-order valence-electron chi connectivity index (χ1n) is 10.9. The highest BCUT2D eigenvalue weighted by atomic mass is 35.5. The van der Waals surface area contributed by atoms with Crippen molar-refractivity contribution in [3.8, 4) is 5.69 Å². The van der Waals surface area contributed by atoms with Crippen molar-refractivity contribution in [3.63, 3.8) is 0 Å². The third-order valence-corrected chi connectivity index (χ3v) is 7.22. The number of nitrogens with zero attached hydrogens (tertiary/aromatic N) is 4.